The number of carbonyl (C=O) groups excluding carboxylic acids is 2. The molecule has 0 saturated carbocycles. The van der Waals surface area contributed by atoms with Crippen molar-refractivity contribution in [2.45, 2.75) is 26.8 Å². The molecule has 0 aromatic heterocycles. The van der Waals surface area contributed by atoms with Gasteiger partial charge in [0.15, 0.2) is 11.5 Å². The largest absolute Gasteiger partial charge is 0.486 e. The van der Waals surface area contributed by atoms with Gasteiger partial charge < -0.3 is 20.1 Å². The zero-order valence-electron chi connectivity index (χ0n) is 17.6. The topological polar surface area (TPSA) is 120 Å². The first-order valence-electron chi connectivity index (χ1n) is 9.98. The van der Waals surface area contributed by atoms with Crippen molar-refractivity contribution in [3.63, 3.8) is 0 Å². The van der Waals surface area contributed by atoms with E-state index in [1.54, 1.807) is 6.92 Å². The van der Waals surface area contributed by atoms with Crippen molar-refractivity contribution in [1.29, 1.82) is 0 Å². The predicted octanol–water partition coefficient (Wildman–Crippen LogP) is 2.92. The van der Waals surface area contributed by atoms with Gasteiger partial charge in [-0.05, 0) is 36.6 Å². The SMILES string of the molecule is Cc1ccc(C(=O)NCC(=O)N[C@@H](c2ccc3c(c2)OCCO3)C(C)C)cc1[N+](=O)[O-]. The Balaban J connectivity index is 1.64. The molecule has 0 aliphatic carbocycles. The molecule has 1 aliphatic rings. The van der Waals surface area contributed by atoms with Crippen molar-refractivity contribution in [3.8, 4) is 11.5 Å². The third-order valence-corrected chi connectivity index (χ3v) is 4.99. The quantitative estimate of drug-likeness (QED) is 0.518. The van der Waals surface area contributed by atoms with Gasteiger partial charge in [-0.15, -0.1) is 0 Å². The van der Waals surface area contributed by atoms with Gasteiger partial charge in [-0.2, -0.15) is 0 Å². The molecule has 1 heterocycles. The Morgan fingerprint density at radius 3 is 2.48 bits per heavy atom. The molecule has 9 nitrogen and oxygen atoms in total. The lowest BCUT2D eigenvalue weighted by Crippen LogP contribution is -2.40. The summed E-state index contributed by atoms with van der Waals surface area (Å²) in [6.45, 7) is 6.27. The maximum Gasteiger partial charge on any atom is 0.273 e. The van der Waals surface area contributed by atoms with E-state index >= 15 is 0 Å². The average molecular weight is 427 g/mol. The summed E-state index contributed by atoms with van der Waals surface area (Å²) in [7, 11) is 0. The number of benzene rings is 2. The molecule has 0 radical (unpaired) electrons. The van der Waals surface area contributed by atoms with E-state index in [2.05, 4.69) is 10.6 Å². The van der Waals surface area contributed by atoms with Crippen LogP contribution in [0.15, 0.2) is 36.4 Å². The van der Waals surface area contributed by atoms with Crippen LogP contribution in [0.1, 0.15) is 41.4 Å². The fraction of sp³-hybridized carbons (Fsp3) is 0.364. The van der Waals surface area contributed by atoms with Crippen molar-refractivity contribution in [2.24, 2.45) is 5.92 Å². The number of rotatable bonds is 7. The standard InChI is InChI=1S/C22H25N3O6/c1-13(2)21(15-6-7-18-19(11-15)31-9-8-30-18)24-20(26)12-23-22(27)16-5-4-14(3)17(10-16)25(28)29/h4-7,10-11,13,21H,8-9,12H2,1-3H3,(H,23,27)(H,24,26)/t21-/m1/s1. The third-order valence-electron chi connectivity index (χ3n) is 4.99. The zero-order chi connectivity index (χ0) is 22.5. The molecule has 31 heavy (non-hydrogen) atoms. The van der Waals surface area contributed by atoms with E-state index in [1.165, 1.54) is 18.2 Å². The monoisotopic (exact) mass is 427 g/mol. The molecule has 164 valence electrons. The molecule has 2 aromatic carbocycles. The second-order valence-corrected chi connectivity index (χ2v) is 7.63. The van der Waals surface area contributed by atoms with Crippen molar-refractivity contribution in [1.82, 2.24) is 10.6 Å². The van der Waals surface area contributed by atoms with E-state index in [1.807, 2.05) is 32.0 Å². The van der Waals surface area contributed by atoms with E-state index in [0.717, 1.165) is 5.56 Å². The summed E-state index contributed by atoms with van der Waals surface area (Å²) in [5.41, 5.74) is 1.31. The van der Waals surface area contributed by atoms with Crippen molar-refractivity contribution in [3.05, 3.63) is 63.2 Å². The van der Waals surface area contributed by atoms with Gasteiger partial charge in [-0.25, -0.2) is 0 Å². The van der Waals surface area contributed by atoms with Crippen LogP contribution in [0.5, 0.6) is 11.5 Å². The molecule has 3 rings (SSSR count). The minimum atomic E-state index is -0.557. The molecule has 9 heteroatoms. The van der Waals surface area contributed by atoms with Crippen LogP contribution in [0.4, 0.5) is 5.69 Å². The van der Waals surface area contributed by atoms with Crippen LogP contribution in [0, 0.1) is 23.0 Å². The highest BCUT2D eigenvalue weighted by molar-refractivity contribution is 5.97. The Hall–Kier alpha value is -3.62. The number of hydrogen-bond donors (Lipinski definition) is 2. The number of ether oxygens (including phenoxy) is 2. The number of hydrogen-bond acceptors (Lipinski definition) is 6. The van der Waals surface area contributed by atoms with Gasteiger partial charge >= 0.3 is 0 Å². The summed E-state index contributed by atoms with van der Waals surface area (Å²) < 4.78 is 11.2. The summed E-state index contributed by atoms with van der Waals surface area (Å²) in [6.07, 6.45) is 0. The van der Waals surface area contributed by atoms with Crippen LogP contribution in [-0.2, 0) is 4.79 Å². The number of nitrogens with zero attached hydrogens (tertiary/aromatic N) is 1. The number of aryl methyl sites for hydroxylation is 1. The average Bonchev–Trinajstić information content (AvgIpc) is 2.75. The van der Waals surface area contributed by atoms with Crippen molar-refractivity contribution in [2.75, 3.05) is 19.8 Å². The van der Waals surface area contributed by atoms with E-state index < -0.39 is 10.8 Å². The second-order valence-electron chi connectivity index (χ2n) is 7.63. The summed E-state index contributed by atoms with van der Waals surface area (Å²) in [5, 5.41) is 16.5. The lowest BCUT2D eigenvalue weighted by Gasteiger charge is -2.25. The van der Waals surface area contributed by atoms with E-state index in [0.29, 0.717) is 30.3 Å². The van der Waals surface area contributed by atoms with Gasteiger partial charge in [-0.3, -0.25) is 19.7 Å². The van der Waals surface area contributed by atoms with Crippen LogP contribution in [0.25, 0.3) is 0 Å². The number of carbonyl (C=O) groups is 2. The molecule has 0 unspecified atom stereocenters. The molecule has 1 aliphatic heterocycles. The summed E-state index contributed by atoms with van der Waals surface area (Å²) in [4.78, 5) is 35.4. The Labute approximate surface area is 179 Å². The molecule has 1 atom stereocenters. The summed E-state index contributed by atoms with van der Waals surface area (Å²) in [6, 6.07) is 9.45. The lowest BCUT2D eigenvalue weighted by atomic mass is 9.95. The Morgan fingerprint density at radius 2 is 1.81 bits per heavy atom. The first-order chi connectivity index (χ1) is 14.8. The minimum Gasteiger partial charge on any atom is -0.486 e. The van der Waals surface area contributed by atoms with Gasteiger partial charge in [0, 0.05) is 17.2 Å². The van der Waals surface area contributed by atoms with Gasteiger partial charge in [-0.1, -0.05) is 26.0 Å². The molecule has 2 aromatic rings. The fourth-order valence-corrected chi connectivity index (χ4v) is 3.32. The normalized spacial score (nSPS) is 13.4. The summed E-state index contributed by atoms with van der Waals surface area (Å²) in [5.74, 6) is 0.463. The van der Waals surface area contributed by atoms with E-state index in [-0.39, 0.29) is 35.7 Å². The molecule has 0 fully saturated rings. The molecular weight excluding hydrogens is 402 g/mol. The highest BCUT2D eigenvalue weighted by Crippen LogP contribution is 2.34. The second kappa shape index (κ2) is 9.46. The van der Waals surface area contributed by atoms with Gasteiger partial charge in [0.25, 0.3) is 11.6 Å². The third kappa shape index (κ3) is 5.30. The number of nitro benzene ring substituents is 1. The highest BCUT2D eigenvalue weighted by atomic mass is 16.6. The fourth-order valence-electron chi connectivity index (χ4n) is 3.32. The summed E-state index contributed by atoms with van der Waals surface area (Å²) >= 11 is 0. The van der Waals surface area contributed by atoms with Gasteiger partial charge in [0.2, 0.25) is 5.91 Å². The van der Waals surface area contributed by atoms with Crippen LogP contribution in [0.2, 0.25) is 0 Å². The first kappa shape index (κ1) is 22.1. The zero-order valence-corrected chi connectivity index (χ0v) is 17.6. The Morgan fingerprint density at radius 1 is 1.10 bits per heavy atom. The van der Waals surface area contributed by atoms with E-state index in [9.17, 15) is 19.7 Å². The van der Waals surface area contributed by atoms with Crippen molar-refractivity contribution >= 4 is 17.5 Å². The molecule has 0 bridgehead atoms. The molecule has 2 amide bonds. The predicted molar refractivity (Wildman–Crippen MR) is 113 cm³/mol. The van der Waals surface area contributed by atoms with Crippen molar-refractivity contribution < 1.29 is 24.0 Å². The number of fused-ring (bicyclic) bond motifs is 1. The van der Waals surface area contributed by atoms with Crippen LogP contribution >= 0.6 is 0 Å². The maximum atomic E-state index is 12.5. The molecule has 0 spiro atoms. The first-order valence-corrected chi connectivity index (χ1v) is 9.98. The Kier molecular flexibility index (Phi) is 6.74. The lowest BCUT2D eigenvalue weighted by molar-refractivity contribution is -0.385. The number of amides is 2. The van der Waals surface area contributed by atoms with Crippen LogP contribution < -0.4 is 20.1 Å². The highest BCUT2D eigenvalue weighted by Gasteiger charge is 2.22. The number of nitro groups is 1. The minimum absolute atomic E-state index is 0.0851. The molecular formula is C22H25N3O6. The number of nitrogens with one attached hydrogen (secondary N) is 2. The van der Waals surface area contributed by atoms with E-state index in [4.69, 9.17) is 9.47 Å². The molecule has 0 saturated heterocycles. The smallest absolute Gasteiger partial charge is 0.273 e. The van der Waals surface area contributed by atoms with Crippen LogP contribution in [-0.4, -0.2) is 36.5 Å². The van der Waals surface area contributed by atoms with Gasteiger partial charge in [0.05, 0.1) is 17.5 Å². The maximum absolute atomic E-state index is 12.5. The van der Waals surface area contributed by atoms with Crippen LogP contribution in [0.3, 0.4) is 0 Å². The molecule has 2 N–H and O–H groups in total. The van der Waals surface area contributed by atoms with Gasteiger partial charge in [0.1, 0.15) is 13.2 Å². The Bertz CT molecular complexity index is 1000.